The number of urea groups is 1. The van der Waals surface area contributed by atoms with Crippen molar-refractivity contribution in [2.75, 3.05) is 18.4 Å². The van der Waals surface area contributed by atoms with E-state index in [4.69, 9.17) is 0 Å². The number of imidazole rings is 1. The van der Waals surface area contributed by atoms with Crippen molar-refractivity contribution in [2.24, 2.45) is 5.92 Å². The fourth-order valence-electron chi connectivity index (χ4n) is 3.12. The molecular formula is C17H19N5OS. The van der Waals surface area contributed by atoms with Gasteiger partial charge in [0.05, 0.1) is 5.01 Å². The molecular weight excluding hydrogens is 322 g/mol. The van der Waals surface area contributed by atoms with Gasteiger partial charge in [-0.3, -0.25) is 0 Å². The largest absolute Gasteiger partial charge is 0.324 e. The Bertz CT molecular complexity index is 871. The van der Waals surface area contributed by atoms with Crippen LogP contribution in [0.3, 0.4) is 0 Å². The van der Waals surface area contributed by atoms with Crippen molar-refractivity contribution in [1.82, 2.24) is 19.3 Å². The highest BCUT2D eigenvalue weighted by Gasteiger charge is 2.27. The molecule has 4 heterocycles. The van der Waals surface area contributed by atoms with E-state index in [9.17, 15) is 4.79 Å². The van der Waals surface area contributed by atoms with Gasteiger partial charge in [0.15, 0.2) is 0 Å². The number of hydrogen-bond acceptors (Lipinski definition) is 4. The molecule has 1 fully saturated rings. The summed E-state index contributed by atoms with van der Waals surface area (Å²) in [6.45, 7) is 3.60. The van der Waals surface area contributed by atoms with Crippen molar-refractivity contribution in [2.45, 2.75) is 19.8 Å². The van der Waals surface area contributed by atoms with Crippen molar-refractivity contribution >= 4 is 28.7 Å². The van der Waals surface area contributed by atoms with Gasteiger partial charge in [0, 0.05) is 60.9 Å². The first-order valence-corrected chi connectivity index (χ1v) is 8.95. The lowest BCUT2D eigenvalue weighted by Gasteiger charge is -2.17. The molecule has 3 aromatic heterocycles. The number of aromatic nitrogens is 3. The van der Waals surface area contributed by atoms with Gasteiger partial charge in [0.25, 0.3) is 0 Å². The van der Waals surface area contributed by atoms with E-state index in [0.29, 0.717) is 5.92 Å². The van der Waals surface area contributed by atoms with Crippen LogP contribution in [-0.4, -0.2) is 38.4 Å². The van der Waals surface area contributed by atoms with Crippen LogP contribution >= 0.6 is 11.3 Å². The van der Waals surface area contributed by atoms with Gasteiger partial charge in [-0.2, -0.15) is 0 Å². The van der Waals surface area contributed by atoms with Crippen LogP contribution in [0.5, 0.6) is 0 Å². The predicted octanol–water partition coefficient (Wildman–Crippen LogP) is 3.20. The maximum absolute atomic E-state index is 12.5. The predicted molar refractivity (Wildman–Crippen MR) is 94.4 cm³/mol. The van der Waals surface area contributed by atoms with E-state index in [1.807, 2.05) is 40.8 Å². The molecule has 1 saturated heterocycles. The summed E-state index contributed by atoms with van der Waals surface area (Å²) in [7, 11) is 0. The number of aryl methyl sites for hydroxylation is 1. The van der Waals surface area contributed by atoms with Gasteiger partial charge in [-0.1, -0.05) is 0 Å². The van der Waals surface area contributed by atoms with Crippen molar-refractivity contribution in [1.29, 1.82) is 0 Å². The van der Waals surface area contributed by atoms with Crippen molar-refractivity contribution < 1.29 is 4.79 Å². The summed E-state index contributed by atoms with van der Waals surface area (Å²) in [4.78, 5) is 23.1. The van der Waals surface area contributed by atoms with Crippen LogP contribution in [0.25, 0.3) is 5.65 Å². The molecule has 124 valence electrons. The molecule has 1 atom stereocenters. The maximum Gasteiger partial charge on any atom is 0.321 e. The molecule has 1 N–H and O–H groups in total. The first-order valence-electron chi connectivity index (χ1n) is 8.07. The lowest BCUT2D eigenvalue weighted by molar-refractivity contribution is 0.221. The average Bonchev–Trinajstić information content (AvgIpc) is 3.28. The Morgan fingerprint density at radius 1 is 1.46 bits per heavy atom. The highest BCUT2D eigenvalue weighted by molar-refractivity contribution is 7.09. The zero-order valence-corrected chi connectivity index (χ0v) is 14.3. The van der Waals surface area contributed by atoms with E-state index in [0.717, 1.165) is 43.0 Å². The Hall–Kier alpha value is -2.41. The van der Waals surface area contributed by atoms with E-state index in [1.54, 1.807) is 17.5 Å². The number of likely N-dealkylation sites (tertiary alicyclic amines) is 1. The number of pyridine rings is 1. The van der Waals surface area contributed by atoms with Crippen molar-refractivity contribution in [3.63, 3.8) is 0 Å². The summed E-state index contributed by atoms with van der Waals surface area (Å²) < 4.78 is 1.91. The van der Waals surface area contributed by atoms with Crippen LogP contribution in [0, 0.1) is 12.8 Å². The molecule has 6 nitrogen and oxygen atoms in total. The van der Waals surface area contributed by atoms with Gasteiger partial charge in [-0.15, -0.1) is 11.3 Å². The molecule has 2 amide bonds. The third-order valence-corrected chi connectivity index (χ3v) is 5.34. The highest BCUT2D eigenvalue weighted by Crippen LogP contribution is 2.23. The molecule has 1 unspecified atom stereocenters. The number of thiazole rings is 1. The number of anilines is 1. The molecule has 0 aromatic carbocycles. The summed E-state index contributed by atoms with van der Waals surface area (Å²) >= 11 is 1.71. The van der Waals surface area contributed by atoms with Crippen molar-refractivity contribution in [3.05, 3.63) is 46.8 Å². The van der Waals surface area contributed by atoms with E-state index in [2.05, 4.69) is 20.7 Å². The Morgan fingerprint density at radius 3 is 3.21 bits per heavy atom. The minimum atomic E-state index is -0.0382. The van der Waals surface area contributed by atoms with Gasteiger partial charge < -0.3 is 14.6 Å². The molecule has 0 saturated carbocycles. The second-order valence-electron chi connectivity index (χ2n) is 6.23. The third kappa shape index (κ3) is 3.12. The van der Waals surface area contributed by atoms with Crippen molar-refractivity contribution in [3.8, 4) is 0 Å². The van der Waals surface area contributed by atoms with Crippen LogP contribution in [0.4, 0.5) is 10.5 Å². The first-order chi connectivity index (χ1) is 11.7. The lowest BCUT2D eigenvalue weighted by Crippen LogP contribution is -2.33. The van der Waals surface area contributed by atoms with Gasteiger partial charge in [-0.05, 0) is 25.3 Å². The monoisotopic (exact) mass is 341 g/mol. The van der Waals surface area contributed by atoms with Gasteiger partial charge in [0.1, 0.15) is 5.65 Å². The second kappa shape index (κ2) is 6.24. The lowest BCUT2D eigenvalue weighted by atomic mass is 10.1. The topological polar surface area (TPSA) is 62.5 Å². The number of amides is 2. The molecule has 0 radical (unpaired) electrons. The molecule has 1 aliphatic heterocycles. The van der Waals surface area contributed by atoms with Crippen LogP contribution in [0.15, 0.2) is 36.1 Å². The molecule has 1 aliphatic rings. The number of carbonyl (C=O) groups excluding carboxylic acids is 1. The first kappa shape index (κ1) is 15.1. The standard InChI is InChI=1S/C17H19N5OS/c1-12-11-24-16(19-12)8-13-2-5-22(10-13)17(23)20-14-3-6-21-7-4-18-15(21)9-14/h3-4,6-7,9,11,13H,2,5,8,10H2,1H3,(H,20,23). The van der Waals surface area contributed by atoms with Crippen LogP contribution in [0.2, 0.25) is 0 Å². The minimum Gasteiger partial charge on any atom is -0.324 e. The quantitative estimate of drug-likeness (QED) is 0.796. The zero-order chi connectivity index (χ0) is 16.5. The smallest absolute Gasteiger partial charge is 0.321 e. The number of nitrogens with one attached hydrogen (secondary N) is 1. The van der Waals surface area contributed by atoms with E-state index >= 15 is 0 Å². The molecule has 0 bridgehead atoms. The van der Waals surface area contributed by atoms with Crippen LogP contribution < -0.4 is 5.32 Å². The molecule has 7 heteroatoms. The number of hydrogen-bond donors (Lipinski definition) is 1. The average molecular weight is 341 g/mol. The molecule has 3 aromatic rings. The minimum absolute atomic E-state index is 0.0382. The summed E-state index contributed by atoms with van der Waals surface area (Å²) in [5, 5.41) is 6.23. The summed E-state index contributed by atoms with van der Waals surface area (Å²) in [5.41, 5.74) is 2.68. The summed E-state index contributed by atoms with van der Waals surface area (Å²) in [6.07, 6.45) is 7.52. The number of rotatable bonds is 3. The SMILES string of the molecule is Cc1csc(CC2CCN(C(=O)Nc3ccn4ccnc4c3)C2)n1. The van der Waals surface area contributed by atoms with Gasteiger partial charge in [-0.25, -0.2) is 14.8 Å². The Morgan fingerprint density at radius 2 is 2.38 bits per heavy atom. The summed E-state index contributed by atoms with van der Waals surface area (Å²) in [6, 6.07) is 3.73. The number of fused-ring (bicyclic) bond motifs is 1. The van der Waals surface area contributed by atoms with E-state index < -0.39 is 0 Å². The second-order valence-corrected chi connectivity index (χ2v) is 7.17. The maximum atomic E-state index is 12.5. The van der Waals surface area contributed by atoms with E-state index in [1.165, 1.54) is 5.01 Å². The van der Waals surface area contributed by atoms with E-state index in [-0.39, 0.29) is 6.03 Å². The fraction of sp³-hybridized carbons (Fsp3) is 0.353. The van der Waals surface area contributed by atoms with Crippen LogP contribution in [0.1, 0.15) is 17.1 Å². The molecule has 4 rings (SSSR count). The van der Waals surface area contributed by atoms with Gasteiger partial charge >= 0.3 is 6.03 Å². The molecule has 0 aliphatic carbocycles. The van der Waals surface area contributed by atoms with Gasteiger partial charge in [0.2, 0.25) is 0 Å². The zero-order valence-electron chi connectivity index (χ0n) is 13.5. The number of carbonyl (C=O) groups is 1. The highest BCUT2D eigenvalue weighted by atomic mass is 32.1. The number of nitrogens with zero attached hydrogens (tertiary/aromatic N) is 4. The Labute approximate surface area is 144 Å². The third-order valence-electron chi connectivity index (χ3n) is 4.35. The fourth-order valence-corrected chi connectivity index (χ4v) is 4.01. The Kier molecular flexibility index (Phi) is 3.93. The molecule has 0 spiro atoms. The normalized spacial score (nSPS) is 17.5. The summed E-state index contributed by atoms with van der Waals surface area (Å²) in [5.74, 6) is 0.496. The van der Waals surface area contributed by atoms with Crippen LogP contribution in [-0.2, 0) is 6.42 Å². The Balaban J connectivity index is 1.36. The molecule has 24 heavy (non-hydrogen) atoms.